The van der Waals surface area contributed by atoms with E-state index in [-0.39, 0.29) is 25.3 Å². The van der Waals surface area contributed by atoms with Gasteiger partial charge in [0.05, 0.1) is 19.6 Å². The van der Waals surface area contributed by atoms with Crippen molar-refractivity contribution in [1.82, 2.24) is 19.6 Å². The summed E-state index contributed by atoms with van der Waals surface area (Å²) in [5, 5.41) is 10.6. The summed E-state index contributed by atoms with van der Waals surface area (Å²) in [5.74, 6) is -0.515. The molecule has 0 aliphatic carbocycles. The summed E-state index contributed by atoms with van der Waals surface area (Å²) in [5.41, 5.74) is 0.779. The highest BCUT2D eigenvalue weighted by Crippen LogP contribution is 2.47. The average Bonchev–Trinajstić information content (AvgIpc) is 3.58. The Balaban J connectivity index is 1.62. The van der Waals surface area contributed by atoms with E-state index in [0.29, 0.717) is 56.4 Å². The molecule has 0 bridgehead atoms. The molecule has 1 unspecified atom stereocenters. The summed E-state index contributed by atoms with van der Waals surface area (Å²) < 4.78 is 16.7. The highest BCUT2D eigenvalue weighted by Gasteiger charge is 2.48. The fourth-order valence-corrected chi connectivity index (χ4v) is 6.31. The van der Waals surface area contributed by atoms with Crippen molar-refractivity contribution in [2.45, 2.75) is 64.3 Å². The van der Waals surface area contributed by atoms with Crippen molar-refractivity contribution in [3.8, 4) is 17.2 Å². The van der Waals surface area contributed by atoms with E-state index in [1.54, 1.807) is 24.0 Å². The summed E-state index contributed by atoms with van der Waals surface area (Å²) in [6.07, 6.45) is 5.19. The Hall–Kier alpha value is -3.21. The lowest BCUT2D eigenvalue weighted by Crippen LogP contribution is -2.50. The minimum Gasteiger partial charge on any atom is -0.493 e. The summed E-state index contributed by atoms with van der Waals surface area (Å²) in [7, 11) is 3.34. The maximum absolute atomic E-state index is 13.6. The Kier molecular flexibility index (Phi) is 10.6. The van der Waals surface area contributed by atoms with Gasteiger partial charge in [-0.05, 0) is 43.4 Å². The third-order valence-corrected chi connectivity index (χ3v) is 8.61. The molecule has 2 fully saturated rings. The summed E-state index contributed by atoms with van der Waals surface area (Å²) in [6.45, 7) is 8.06. The van der Waals surface area contributed by atoms with Crippen molar-refractivity contribution >= 4 is 17.9 Å². The van der Waals surface area contributed by atoms with Gasteiger partial charge in [0.2, 0.25) is 18.4 Å². The topological polar surface area (TPSA) is 112 Å². The standard InChI is InChI=1S/C30H46N4O7/c1-5-7-12-32(13-8-6-2)26(35)19-34-18-22(21-16-24(39-4)28-25(17-21)40-20-41-28)27(29(36)37)23(34)10-15-33-14-9-11-31(3)30(33)38/h16-17,22-23,27H,5-15,18-20H2,1-4H3,(H,36,37)/t22-,23+,27?/m1/s1. The summed E-state index contributed by atoms with van der Waals surface area (Å²) in [4.78, 5) is 46.8. The Labute approximate surface area is 243 Å². The fraction of sp³-hybridized carbons (Fsp3) is 0.700. The van der Waals surface area contributed by atoms with Gasteiger partial charge in [0, 0.05) is 58.3 Å². The van der Waals surface area contributed by atoms with Crippen LogP contribution in [0.4, 0.5) is 4.79 Å². The van der Waals surface area contributed by atoms with E-state index in [9.17, 15) is 19.5 Å². The van der Waals surface area contributed by atoms with Gasteiger partial charge in [-0.15, -0.1) is 0 Å². The lowest BCUT2D eigenvalue weighted by molar-refractivity contribution is -0.144. The molecule has 3 aliphatic rings. The van der Waals surface area contributed by atoms with Gasteiger partial charge in [-0.1, -0.05) is 26.7 Å². The maximum Gasteiger partial charge on any atom is 0.319 e. The zero-order chi connectivity index (χ0) is 29.5. The molecule has 0 saturated carbocycles. The second-order valence-corrected chi connectivity index (χ2v) is 11.3. The second-order valence-electron chi connectivity index (χ2n) is 11.3. The minimum atomic E-state index is -0.914. The molecule has 0 radical (unpaired) electrons. The maximum atomic E-state index is 13.6. The van der Waals surface area contributed by atoms with Crippen molar-refractivity contribution in [2.24, 2.45) is 5.92 Å². The minimum absolute atomic E-state index is 0.0266. The van der Waals surface area contributed by atoms with Crippen LogP contribution in [-0.2, 0) is 9.59 Å². The summed E-state index contributed by atoms with van der Waals surface area (Å²) >= 11 is 0. The molecule has 0 aromatic heterocycles. The van der Waals surface area contributed by atoms with Gasteiger partial charge < -0.3 is 34.0 Å². The number of amides is 3. The number of unbranched alkanes of at least 4 members (excludes halogenated alkanes) is 2. The van der Waals surface area contributed by atoms with E-state index < -0.39 is 23.8 Å². The molecule has 3 atom stereocenters. The van der Waals surface area contributed by atoms with E-state index in [1.807, 2.05) is 21.9 Å². The van der Waals surface area contributed by atoms with Crippen LogP contribution in [0, 0.1) is 5.92 Å². The average molecular weight is 575 g/mol. The molecular weight excluding hydrogens is 528 g/mol. The number of carbonyl (C=O) groups is 3. The number of fused-ring (bicyclic) bond motifs is 1. The van der Waals surface area contributed by atoms with Crippen LogP contribution in [0.3, 0.4) is 0 Å². The predicted molar refractivity (Wildman–Crippen MR) is 154 cm³/mol. The molecule has 0 spiro atoms. The second kappa shape index (κ2) is 14.1. The van der Waals surface area contributed by atoms with Crippen LogP contribution < -0.4 is 14.2 Å². The number of hydrogen-bond donors (Lipinski definition) is 1. The van der Waals surface area contributed by atoms with Crippen LogP contribution in [0.2, 0.25) is 0 Å². The first-order chi connectivity index (χ1) is 19.8. The number of carbonyl (C=O) groups excluding carboxylic acids is 2. The number of methoxy groups -OCH3 is 1. The van der Waals surface area contributed by atoms with Gasteiger partial charge >= 0.3 is 12.0 Å². The number of likely N-dealkylation sites (tertiary alicyclic amines) is 1. The number of nitrogens with zero attached hydrogens (tertiary/aromatic N) is 4. The van der Waals surface area contributed by atoms with Crippen molar-refractivity contribution in [2.75, 3.05) is 66.8 Å². The largest absolute Gasteiger partial charge is 0.493 e. The van der Waals surface area contributed by atoms with Gasteiger partial charge in [-0.25, -0.2) is 4.79 Å². The van der Waals surface area contributed by atoms with E-state index in [1.165, 1.54) is 0 Å². The van der Waals surface area contributed by atoms with Crippen LogP contribution in [0.15, 0.2) is 12.1 Å². The van der Waals surface area contributed by atoms with Gasteiger partial charge in [0.1, 0.15) is 0 Å². The fourth-order valence-electron chi connectivity index (χ4n) is 6.31. The Bertz CT molecular complexity index is 1080. The molecule has 41 heavy (non-hydrogen) atoms. The van der Waals surface area contributed by atoms with Crippen LogP contribution in [0.25, 0.3) is 0 Å². The van der Waals surface area contributed by atoms with Crippen LogP contribution in [0.5, 0.6) is 17.2 Å². The van der Waals surface area contributed by atoms with Gasteiger partial charge in [-0.2, -0.15) is 0 Å². The highest BCUT2D eigenvalue weighted by atomic mass is 16.7. The molecule has 2 saturated heterocycles. The first kappa shape index (κ1) is 30.7. The smallest absolute Gasteiger partial charge is 0.319 e. The first-order valence-corrected chi connectivity index (χ1v) is 15.0. The number of ether oxygens (including phenoxy) is 3. The number of urea groups is 1. The SMILES string of the molecule is CCCCN(CCCC)C(=O)CN1C[C@H](c2cc(OC)c3c(c2)OCO3)C(C(=O)O)[C@@H]1CCN1CCCN(C)C1=O. The highest BCUT2D eigenvalue weighted by molar-refractivity contribution is 5.79. The zero-order valence-corrected chi connectivity index (χ0v) is 25.0. The zero-order valence-electron chi connectivity index (χ0n) is 25.0. The van der Waals surface area contributed by atoms with E-state index in [4.69, 9.17) is 14.2 Å². The number of benzene rings is 1. The Morgan fingerprint density at radius 2 is 1.85 bits per heavy atom. The van der Waals surface area contributed by atoms with Crippen molar-refractivity contribution in [3.63, 3.8) is 0 Å². The molecular formula is C30H46N4O7. The summed E-state index contributed by atoms with van der Waals surface area (Å²) in [6, 6.07) is 3.21. The van der Waals surface area contributed by atoms with Crippen LogP contribution in [-0.4, -0.2) is 115 Å². The first-order valence-electron chi connectivity index (χ1n) is 15.0. The normalized spacial score (nSPS) is 22.3. The molecule has 228 valence electrons. The molecule has 3 aliphatic heterocycles. The number of hydrogen-bond acceptors (Lipinski definition) is 7. The molecule has 11 heteroatoms. The van der Waals surface area contributed by atoms with Crippen LogP contribution >= 0.6 is 0 Å². The van der Waals surface area contributed by atoms with Gasteiger partial charge in [-0.3, -0.25) is 14.5 Å². The molecule has 4 rings (SSSR count). The predicted octanol–water partition coefficient (Wildman–Crippen LogP) is 3.47. The monoisotopic (exact) mass is 574 g/mol. The number of aliphatic carboxylic acids is 1. The Morgan fingerprint density at radius 3 is 2.51 bits per heavy atom. The van der Waals surface area contributed by atoms with E-state index >= 15 is 0 Å². The molecule has 1 aromatic rings. The molecule has 1 aromatic carbocycles. The van der Waals surface area contributed by atoms with E-state index in [0.717, 1.165) is 44.2 Å². The number of rotatable bonds is 14. The number of carboxylic acid groups (broad SMARTS) is 1. The van der Waals surface area contributed by atoms with Gasteiger partial charge in [0.15, 0.2) is 11.5 Å². The third kappa shape index (κ3) is 6.99. The van der Waals surface area contributed by atoms with Crippen molar-refractivity contribution in [1.29, 1.82) is 0 Å². The quantitative estimate of drug-likeness (QED) is 0.360. The lowest BCUT2D eigenvalue weighted by Gasteiger charge is -2.35. The van der Waals surface area contributed by atoms with Gasteiger partial charge in [0.25, 0.3) is 0 Å². The molecule has 1 N–H and O–H groups in total. The van der Waals surface area contributed by atoms with E-state index in [2.05, 4.69) is 13.8 Å². The molecule has 3 amide bonds. The number of carboxylic acids is 1. The molecule has 3 heterocycles. The third-order valence-electron chi connectivity index (χ3n) is 8.61. The van der Waals surface area contributed by atoms with Crippen molar-refractivity contribution in [3.05, 3.63) is 17.7 Å². The Morgan fingerprint density at radius 1 is 1.12 bits per heavy atom. The van der Waals surface area contributed by atoms with Crippen LogP contribution in [0.1, 0.15) is 63.9 Å². The lowest BCUT2D eigenvalue weighted by atomic mass is 9.84. The van der Waals surface area contributed by atoms with Crippen molar-refractivity contribution < 1.29 is 33.7 Å². The molecule has 11 nitrogen and oxygen atoms in total.